The summed E-state index contributed by atoms with van der Waals surface area (Å²) in [4.78, 5) is 54.5. The van der Waals surface area contributed by atoms with Crippen LogP contribution in [0.1, 0.15) is 51.9 Å². The van der Waals surface area contributed by atoms with Crippen LogP contribution in [0.2, 0.25) is 0 Å². The second-order valence-electron chi connectivity index (χ2n) is 11.1. The monoisotopic (exact) mass is 652 g/mol. The van der Waals surface area contributed by atoms with Crippen molar-refractivity contribution < 1.29 is 78.7 Å². The van der Waals surface area contributed by atoms with Gasteiger partial charge < -0.3 is 64.4 Å². The van der Waals surface area contributed by atoms with E-state index in [0.29, 0.717) is 5.06 Å². The highest BCUT2D eigenvalue weighted by atomic mass is 16.7. The lowest BCUT2D eigenvalue weighted by Crippen LogP contribution is -2.59. The normalized spacial score (nSPS) is 33.8. The number of aliphatic hydroxyl groups is 7. The Morgan fingerprint density at radius 3 is 2.00 bits per heavy atom. The van der Waals surface area contributed by atoms with Crippen LogP contribution in [0.15, 0.2) is 0 Å². The molecule has 3 aliphatic rings. The summed E-state index contributed by atoms with van der Waals surface area (Å²) in [5.74, 6) is -2.31. The van der Waals surface area contributed by atoms with Crippen LogP contribution < -0.4 is 0 Å². The highest BCUT2D eigenvalue weighted by molar-refractivity contribution is 6.01. The number of carbonyl (C=O) groups excluding carboxylic acids is 4. The van der Waals surface area contributed by atoms with Crippen LogP contribution >= 0.6 is 0 Å². The summed E-state index contributed by atoms with van der Waals surface area (Å²) in [5.41, 5.74) is 0. The molecule has 0 radical (unpaired) electrons. The maximum Gasteiger partial charge on any atom is 0.333 e. The first-order valence-corrected chi connectivity index (χ1v) is 14.9. The molecular formula is C27H44N2O16. The van der Waals surface area contributed by atoms with Gasteiger partial charge in [-0.1, -0.05) is 0 Å². The number of hydrogen-bond acceptors (Lipinski definition) is 16. The van der Waals surface area contributed by atoms with E-state index >= 15 is 0 Å². The van der Waals surface area contributed by atoms with Crippen LogP contribution in [0.25, 0.3) is 0 Å². The van der Waals surface area contributed by atoms with Crippen LogP contribution in [0.5, 0.6) is 0 Å². The first-order chi connectivity index (χ1) is 21.3. The van der Waals surface area contributed by atoms with Crippen LogP contribution in [0.3, 0.4) is 0 Å². The molecule has 0 aromatic rings. The average Bonchev–Trinajstić information content (AvgIpc) is 3.33. The minimum absolute atomic E-state index is 0.00686. The van der Waals surface area contributed by atoms with Crippen LogP contribution in [-0.4, -0.2) is 164 Å². The van der Waals surface area contributed by atoms with Gasteiger partial charge in [-0.15, -0.1) is 5.06 Å². The minimum Gasteiger partial charge on any atom is -0.394 e. The van der Waals surface area contributed by atoms with Gasteiger partial charge in [-0.3, -0.25) is 14.4 Å². The van der Waals surface area contributed by atoms with Crippen molar-refractivity contribution in [3.63, 3.8) is 0 Å². The molecule has 0 saturated carbocycles. The van der Waals surface area contributed by atoms with Gasteiger partial charge in [-0.05, 0) is 26.2 Å². The maximum absolute atomic E-state index is 13.1. The van der Waals surface area contributed by atoms with Crippen molar-refractivity contribution in [3.8, 4) is 0 Å². The molecule has 3 heterocycles. The van der Waals surface area contributed by atoms with E-state index in [-0.39, 0.29) is 77.2 Å². The van der Waals surface area contributed by atoms with E-state index in [0.717, 1.165) is 0 Å². The Kier molecular flexibility index (Phi) is 14.5. The van der Waals surface area contributed by atoms with E-state index in [2.05, 4.69) is 0 Å². The summed E-state index contributed by atoms with van der Waals surface area (Å²) < 4.78 is 21.7. The predicted octanol–water partition coefficient (Wildman–Crippen LogP) is -3.97. The van der Waals surface area contributed by atoms with Gasteiger partial charge in [0.25, 0.3) is 11.8 Å². The van der Waals surface area contributed by atoms with E-state index in [1.807, 2.05) is 0 Å². The molecule has 0 aromatic carbocycles. The zero-order valence-corrected chi connectivity index (χ0v) is 25.0. The number of aliphatic hydroxyl groups excluding tert-OH is 7. The molecule has 7 N–H and O–H groups in total. The van der Waals surface area contributed by atoms with Crippen molar-refractivity contribution in [1.29, 1.82) is 0 Å². The number of hydroxylamine groups is 2. The van der Waals surface area contributed by atoms with Crippen molar-refractivity contribution in [2.75, 3.05) is 32.9 Å². The van der Waals surface area contributed by atoms with Gasteiger partial charge in [0.05, 0.1) is 25.9 Å². The Balaban J connectivity index is 1.48. The molecule has 10 atom stereocenters. The largest absolute Gasteiger partial charge is 0.394 e. The number of ether oxygens (including phenoxy) is 4. The van der Waals surface area contributed by atoms with Crippen molar-refractivity contribution in [2.45, 2.75) is 113 Å². The smallest absolute Gasteiger partial charge is 0.333 e. The van der Waals surface area contributed by atoms with Gasteiger partial charge in [0, 0.05) is 38.8 Å². The first-order valence-electron chi connectivity index (χ1n) is 14.9. The number of hydrogen-bond donors (Lipinski definition) is 7. The number of imide groups is 1. The molecule has 0 aromatic heterocycles. The van der Waals surface area contributed by atoms with Gasteiger partial charge in [0.2, 0.25) is 5.91 Å². The van der Waals surface area contributed by atoms with Gasteiger partial charge in [-0.25, -0.2) is 4.79 Å². The Morgan fingerprint density at radius 2 is 1.36 bits per heavy atom. The fourth-order valence-electron chi connectivity index (χ4n) is 4.96. The molecular weight excluding hydrogens is 608 g/mol. The third kappa shape index (κ3) is 10.1. The number of nitrogens with zero attached hydrogens (tertiary/aromatic N) is 2. The van der Waals surface area contributed by atoms with Gasteiger partial charge in [-0.2, -0.15) is 0 Å². The lowest BCUT2D eigenvalue weighted by molar-refractivity contribution is -0.301. The number of unbranched alkanes of at least 4 members (excludes halogenated alkanes) is 1. The average molecular weight is 653 g/mol. The van der Waals surface area contributed by atoms with E-state index in [1.54, 1.807) is 0 Å². The molecule has 3 rings (SSSR count). The van der Waals surface area contributed by atoms with E-state index < -0.39 is 85.8 Å². The highest BCUT2D eigenvalue weighted by Crippen LogP contribution is 2.23. The molecule has 0 unspecified atom stereocenters. The van der Waals surface area contributed by atoms with E-state index in [9.17, 15) is 54.9 Å². The lowest BCUT2D eigenvalue weighted by atomic mass is 9.99. The SMILES string of the molecule is C[C@@H]1O[C@@H](OCCN(CCCO[C@@H]2O[C@H](CO)[C@@H](O)[C@H](O)[C@@H]2O)C(=O)CCCCC(=O)ON2C(=O)CCC2=O)[C@@H](O)[C@H](O)[C@@H]1O. The second kappa shape index (κ2) is 17.5. The lowest BCUT2D eigenvalue weighted by Gasteiger charge is -2.39. The molecule has 45 heavy (non-hydrogen) atoms. The summed E-state index contributed by atoms with van der Waals surface area (Å²) in [6.07, 6.45) is -13.1. The molecule has 3 fully saturated rings. The predicted molar refractivity (Wildman–Crippen MR) is 145 cm³/mol. The van der Waals surface area contributed by atoms with E-state index in [4.69, 9.17) is 23.8 Å². The summed E-state index contributed by atoms with van der Waals surface area (Å²) in [6, 6.07) is 0. The second-order valence-corrected chi connectivity index (χ2v) is 11.1. The zero-order chi connectivity index (χ0) is 33.3. The standard InChI is InChI=1S/C27H44N2O16/c1-14-20(35)22(37)24(39)26(43-14)42-12-10-28(9-4-11-41-27-25(40)23(38)21(36)15(13-30)44-27)16(31)5-2-3-6-19(34)45-29-17(32)7-8-18(29)33/h14-15,20-27,30,35-40H,2-13H2,1H3/t14-,15+,20+,21+,22+,23-,24-,25-,26+,27+/m0/s1. The molecule has 3 saturated heterocycles. The maximum atomic E-state index is 13.1. The Bertz CT molecular complexity index is 984. The van der Waals surface area contributed by atoms with Gasteiger partial charge >= 0.3 is 5.97 Å². The highest BCUT2D eigenvalue weighted by Gasteiger charge is 2.44. The third-order valence-corrected chi connectivity index (χ3v) is 7.73. The number of rotatable bonds is 16. The molecule has 18 nitrogen and oxygen atoms in total. The molecule has 0 bridgehead atoms. The molecule has 18 heteroatoms. The van der Waals surface area contributed by atoms with Crippen molar-refractivity contribution in [1.82, 2.24) is 9.96 Å². The molecule has 3 aliphatic heterocycles. The molecule has 0 spiro atoms. The van der Waals surface area contributed by atoms with Crippen molar-refractivity contribution >= 4 is 23.7 Å². The third-order valence-electron chi connectivity index (χ3n) is 7.73. The summed E-state index contributed by atoms with van der Waals surface area (Å²) >= 11 is 0. The van der Waals surface area contributed by atoms with Gasteiger partial charge in [0.15, 0.2) is 12.6 Å². The topological polar surface area (TPSA) is 263 Å². The summed E-state index contributed by atoms with van der Waals surface area (Å²) in [6.45, 7) is 0.831. The summed E-state index contributed by atoms with van der Waals surface area (Å²) in [7, 11) is 0. The Hall–Kier alpha value is -2.36. The Morgan fingerprint density at radius 1 is 0.778 bits per heavy atom. The molecule has 0 aliphatic carbocycles. The first kappa shape index (κ1) is 37.1. The van der Waals surface area contributed by atoms with Crippen LogP contribution in [-0.2, 0) is 43.0 Å². The fourth-order valence-corrected chi connectivity index (χ4v) is 4.96. The van der Waals surface area contributed by atoms with E-state index in [1.165, 1.54) is 11.8 Å². The molecule has 258 valence electrons. The Labute approximate surface area is 258 Å². The van der Waals surface area contributed by atoms with Crippen molar-refractivity contribution in [2.24, 2.45) is 0 Å². The van der Waals surface area contributed by atoms with Crippen LogP contribution in [0, 0.1) is 0 Å². The molecule has 3 amide bonds. The van der Waals surface area contributed by atoms with Crippen molar-refractivity contribution in [3.05, 3.63) is 0 Å². The van der Waals surface area contributed by atoms with Crippen LogP contribution in [0.4, 0.5) is 0 Å². The number of carbonyl (C=O) groups is 4. The van der Waals surface area contributed by atoms with Gasteiger partial charge in [0.1, 0.15) is 42.7 Å². The summed E-state index contributed by atoms with van der Waals surface area (Å²) in [5, 5.41) is 69.8. The fraction of sp³-hybridized carbons (Fsp3) is 0.852. The quantitative estimate of drug-likeness (QED) is 0.0619. The number of amides is 3. The zero-order valence-electron chi connectivity index (χ0n) is 25.0. The minimum atomic E-state index is -1.61.